The summed E-state index contributed by atoms with van der Waals surface area (Å²) in [5.41, 5.74) is 1.71. The molecule has 0 bridgehead atoms. The molecule has 4 rings (SSSR count). The van der Waals surface area contributed by atoms with Crippen LogP contribution in [0.4, 0.5) is 0 Å². The number of amides is 1. The first-order chi connectivity index (χ1) is 13.8. The molecule has 0 atom stereocenters. The minimum absolute atomic E-state index is 0.106. The van der Waals surface area contributed by atoms with Crippen molar-refractivity contribution in [1.29, 1.82) is 0 Å². The SMILES string of the molecule is O=C(NCC#CCOc1cccnc1)C1c2ccccc2Oc2ccccc21. The van der Waals surface area contributed by atoms with Gasteiger partial charge < -0.3 is 14.8 Å². The highest BCUT2D eigenvalue weighted by molar-refractivity contribution is 5.89. The molecule has 1 amide bonds. The van der Waals surface area contributed by atoms with Crippen LogP contribution >= 0.6 is 0 Å². The standard InChI is InChI=1S/C23H18N2O3/c26-23(25-14-5-6-15-27-17-8-7-13-24-16-17)22-18-9-1-3-11-20(18)28-21-12-4-2-10-19(21)22/h1-4,7-13,16,22H,14-15H2,(H,25,26). The third-order valence-corrected chi connectivity index (χ3v) is 4.36. The molecule has 138 valence electrons. The lowest BCUT2D eigenvalue weighted by molar-refractivity contribution is -0.121. The van der Waals surface area contributed by atoms with Crippen molar-refractivity contribution in [2.24, 2.45) is 0 Å². The maximum atomic E-state index is 12.9. The van der Waals surface area contributed by atoms with Gasteiger partial charge in [0.1, 0.15) is 23.9 Å². The number of benzene rings is 2. The largest absolute Gasteiger partial charge is 0.479 e. The van der Waals surface area contributed by atoms with E-state index in [1.54, 1.807) is 18.5 Å². The Morgan fingerprint density at radius 2 is 1.71 bits per heavy atom. The Kier molecular flexibility index (Phi) is 5.21. The van der Waals surface area contributed by atoms with Crippen molar-refractivity contribution in [3.8, 4) is 29.1 Å². The van der Waals surface area contributed by atoms with Gasteiger partial charge in [0.15, 0.2) is 0 Å². The molecule has 0 spiro atoms. The van der Waals surface area contributed by atoms with E-state index in [-0.39, 0.29) is 19.1 Å². The minimum atomic E-state index is -0.422. The Balaban J connectivity index is 1.41. The third-order valence-electron chi connectivity index (χ3n) is 4.36. The molecule has 5 nitrogen and oxygen atoms in total. The minimum Gasteiger partial charge on any atom is -0.479 e. The lowest BCUT2D eigenvalue weighted by atomic mass is 9.87. The molecule has 2 aromatic carbocycles. The zero-order valence-electron chi connectivity index (χ0n) is 15.1. The van der Waals surface area contributed by atoms with Crippen LogP contribution in [-0.2, 0) is 4.79 Å². The van der Waals surface area contributed by atoms with Gasteiger partial charge in [-0.2, -0.15) is 0 Å². The van der Waals surface area contributed by atoms with E-state index in [0.717, 1.165) is 11.1 Å². The summed E-state index contributed by atoms with van der Waals surface area (Å²) in [4.78, 5) is 16.9. The molecule has 1 N–H and O–H groups in total. The molecule has 1 aliphatic rings. The van der Waals surface area contributed by atoms with Crippen molar-refractivity contribution >= 4 is 5.91 Å². The number of pyridine rings is 1. The number of para-hydroxylation sites is 2. The lowest BCUT2D eigenvalue weighted by Gasteiger charge is -2.27. The summed E-state index contributed by atoms with van der Waals surface area (Å²) in [6.07, 6.45) is 3.31. The maximum Gasteiger partial charge on any atom is 0.233 e. The summed E-state index contributed by atoms with van der Waals surface area (Å²) in [6.45, 7) is 0.488. The number of carbonyl (C=O) groups is 1. The number of aromatic nitrogens is 1. The van der Waals surface area contributed by atoms with Crippen LogP contribution in [0, 0.1) is 11.8 Å². The van der Waals surface area contributed by atoms with Gasteiger partial charge in [-0.1, -0.05) is 48.2 Å². The molecule has 1 aromatic heterocycles. The Labute approximate surface area is 163 Å². The second-order valence-electron chi connectivity index (χ2n) is 6.16. The monoisotopic (exact) mass is 370 g/mol. The highest BCUT2D eigenvalue weighted by atomic mass is 16.5. The van der Waals surface area contributed by atoms with Gasteiger partial charge in [-0.15, -0.1) is 0 Å². The second-order valence-corrected chi connectivity index (χ2v) is 6.16. The molecule has 28 heavy (non-hydrogen) atoms. The van der Waals surface area contributed by atoms with Crippen molar-refractivity contribution in [3.63, 3.8) is 0 Å². The molecular formula is C23H18N2O3. The number of nitrogens with one attached hydrogen (secondary N) is 1. The van der Waals surface area contributed by atoms with Gasteiger partial charge in [-0.25, -0.2) is 0 Å². The molecule has 2 heterocycles. The van der Waals surface area contributed by atoms with Crippen molar-refractivity contribution in [2.45, 2.75) is 5.92 Å². The summed E-state index contributed by atoms with van der Waals surface area (Å²) in [6, 6.07) is 18.8. The molecule has 0 fully saturated rings. The Bertz CT molecular complexity index is 993. The normalized spacial score (nSPS) is 11.9. The van der Waals surface area contributed by atoms with Crippen LogP contribution in [0.1, 0.15) is 17.0 Å². The van der Waals surface area contributed by atoms with Crippen LogP contribution < -0.4 is 14.8 Å². The Morgan fingerprint density at radius 1 is 1.00 bits per heavy atom. The van der Waals surface area contributed by atoms with Gasteiger partial charge in [0.25, 0.3) is 0 Å². The summed E-state index contributed by atoms with van der Waals surface area (Å²) in [7, 11) is 0. The van der Waals surface area contributed by atoms with E-state index in [9.17, 15) is 4.79 Å². The molecular weight excluding hydrogens is 352 g/mol. The zero-order valence-corrected chi connectivity index (χ0v) is 15.1. The second kappa shape index (κ2) is 8.28. The van der Waals surface area contributed by atoms with Crippen LogP contribution in [-0.4, -0.2) is 24.0 Å². The van der Waals surface area contributed by atoms with Crippen molar-refractivity contribution in [1.82, 2.24) is 10.3 Å². The smallest absolute Gasteiger partial charge is 0.233 e. The number of nitrogens with zero attached hydrogens (tertiary/aromatic N) is 1. The number of carbonyl (C=O) groups excluding carboxylic acids is 1. The number of fused-ring (bicyclic) bond motifs is 2. The highest BCUT2D eigenvalue weighted by Gasteiger charge is 2.31. The first-order valence-electron chi connectivity index (χ1n) is 8.95. The summed E-state index contributed by atoms with van der Waals surface area (Å²) >= 11 is 0. The van der Waals surface area contributed by atoms with E-state index in [1.165, 1.54) is 0 Å². The molecule has 1 aliphatic heterocycles. The summed E-state index contributed by atoms with van der Waals surface area (Å²) in [5.74, 6) is 7.35. The molecule has 0 radical (unpaired) electrons. The van der Waals surface area contributed by atoms with Crippen LogP contribution in [0.5, 0.6) is 17.2 Å². The van der Waals surface area contributed by atoms with Crippen molar-refractivity contribution < 1.29 is 14.3 Å². The quantitative estimate of drug-likeness (QED) is 0.714. The highest BCUT2D eigenvalue weighted by Crippen LogP contribution is 2.43. The summed E-state index contributed by atoms with van der Waals surface area (Å²) in [5, 5.41) is 2.90. The van der Waals surface area contributed by atoms with Crippen LogP contribution in [0.2, 0.25) is 0 Å². The number of hydrogen-bond acceptors (Lipinski definition) is 4. The van der Waals surface area contributed by atoms with E-state index < -0.39 is 5.92 Å². The Morgan fingerprint density at radius 3 is 2.39 bits per heavy atom. The van der Waals surface area contributed by atoms with Gasteiger partial charge in [0, 0.05) is 17.3 Å². The topological polar surface area (TPSA) is 60.5 Å². The first kappa shape index (κ1) is 17.6. The number of hydrogen-bond donors (Lipinski definition) is 1. The predicted molar refractivity (Wildman–Crippen MR) is 105 cm³/mol. The molecule has 0 aliphatic carbocycles. The average Bonchev–Trinajstić information content (AvgIpc) is 2.75. The maximum absolute atomic E-state index is 12.9. The fraction of sp³-hybridized carbons (Fsp3) is 0.130. The molecule has 3 aromatic rings. The van der Waals surface area contributed by atoms with E-state index in [4.69, 9.17) is 9.47 Å². The van der Waals surface area contributed by atoms with Crippen LogP contribution in [0.15, 0.2) is 73.1 Å². The first-order valence-corrected chi connectivity index (χ1v) is 8.95. The number of rotatable bonds is 4. The fourth-order valence-corrected chi connectivity index (χ4v) is 3.09. The van der Waals surface area contributed by atoms with Crippen molar-refractivity contribution in [3.05, 3.63) is 84.2 Å². The number of ether oxygens (including phenoxy) is 2. The van der Waals surface area contributed by atoms with E-state index in [1.807, 2.05) is 54.6 Å². The zero-order chi connectivity index (χ0) is 19.2. The molecule has 0 saturated heterocycles. The van der Waals surface area contributed by atoms with Gasteiger partial charge in [0.2, 0.25) is 5.91 Å². The molecule has 0 unspecified atom stereocenters. The van der Waals surface area contributed by atoms with Gasteiger partial charge >= 0.3 is 0 Å². The van der Waals surface area contributed by atoms with E-state index in [0.29, 0.717) is 17.2 Å². The van der Waals surface area contributed by atoms with E-state index in [2.05, 4.69) is 22.1 Å². The van der Waals surface area contributed by atoms with Gasteiger partial charge in [-0.05, 0) is 24.3 Å². The average molecular weight is 370 g/mol. The van der Waals surface area contributed by atoms with Crippen LogP contribution in [0.3, 0.4) is 0 Å². The van der Waals surface area contributed by atoms with E-state index >= 15 is 0 Å². The van der Waals surface area contributed by atoms with Crippen molar-refractivity contribution in [2.75, 3.05) is 13.2 Å². The van der Waals surface area contributed by atoms with Gasteiger partial charge in [-0.3, -0.25) is 9.78 Å². The van der Waals surface area contributed by atoms with Crippen LogP contribution in [0.25, 0.3) is 0 Å². The lowest BCUT2D eigenvalue weighted by Crippen LogP contribution is -2.31. The third kappa shape index (κ3) is 3.81. The fourth-order valence-electron chi connectivity index (χ4n) is 3.09. The Hall–Kier alpha value is -3.78. The van der Waals surface area contributed by atoms with Gasteiger partial charge in [0.05, 0.1) is 18.7 Å². The molecule has 0 saturated carbocycles. The summed E-state index contributed by atoms with van der Waals surface area (Å²) < 4.78 is 11.4. The predicted octanol–water partition coefficient (Wildman–Crippen LogP) is 3.52. The molecule has 5 heteroatoms.